The van der Waals surface area contributed by atoms with E-state index in [1.54, 1.807) is 0 Å². The summed E-state index contributed by atoms with van der Waals surface area (Å²) in [6.45, 7) is 0. The number of hydrogen-bond acceptors (Lipinski definition) is 1. The zero-order valence-corrected chi connectivity index (χ0v) is 8.82. The monoisotopic (exact) mass is 265 g/mol. The molecule has 0 amide bonds. The molecule has 0 N–H and O–H groups in total. The molecule has 0 radical (unpaired) electrons. The van der Waals surface area contributed by atoms with Gasteiger partial charge in [-0.05, 0) is 11.6 Å². The van der Waals surface area contributed by atoms with E-state index < -0.39 is 10.9 Å². The number of nitrogens with zero attached hydrogens (tertiary/aromatic N) is 1. The average molecular weight is 267 g/mol. The van der Waals surface area contributed by atoms with Crippen molar-refractivity contribution in [2.75, 3.05) is 0 Å². The Balaban J connectivity index is 3.35. The van der Waals surface area contributed by atoms with Crippen molar-refractivity contribution in [1.82, 2.24) is 4.98 Å². The molecule has 0 aliphatic heterocycles. The van der Waals surface area contributed by atoms with E-state index in [-0.39, 0.29) is 15.2 Å². The largest absolute Gasteiger partial charge is 0.351 e. The van der Waals surface area contributed by atoms with Crippen LogP contribution in [0.1, 0.15) is 5.56 Å². The van der Waals surface area contributed by atoms with E-state index in [4.69, 9.17) is 46.4 Å². The van der Waals surface area contributed by atoms with Gasteiger partial charge in [0.15, 0.2) is 0 Å². The summed E-state index contributed by atoms with van der Waals surface area (Å²) in [5.74, 6) is 0. The molecule has 0 unspecified atom stereocenters. The van der Waals surface area contributed by atoms with Crippen LogP contribution in [0.3, 0.4) is 0 Å². The van der Waals surface area contributed by atoms with Crippen molar-refractivity contribution in [2.45, 2.75) is 5.38 Å². The fourth-order valence-corrected chi connectivity index (χ4v) is 1.43. The van der Waals surface area contributed by atoms with Crippen LogP contribution < -0.4 is 0 Å². The van der Waals surface area contributed by atoms with Gasteiger partial charge in [-0.1, -0.05) is 34.8 Å². The minimum absolute atomic E-state index is 0.142. The van der Waals surface area contributed by atoms with E-state index in [2.05, 4.69) is 4.98 Å². The van der Waals surface area contributed by atoms with E-state index in [0.717, 1.165) is 6.20 Å². The minimum Gasteiger partial charge on any atom is -0.242 e. The molecule has 0 bridgehead atoms. The van der Waals surface area contributed by atoms with Crippen molar-refractivity contribution in [3.63, 3.8) is 0 Å². The van der Waals surface area contributed by atoms with Crippen molar-refractivity contribution < 1.29 is 8.78 Å². The highest BCUT2D eigenvalue weighted by Gasteiger charge is 2.32. The van der Waals surface area contributed by atoms with Crippen molar-refractivity contribution in [2.24, 2.45) is 0 Å². The van der Waals surface area contributed by atoms with E-state index >= 15 is 0 Å². The van der Waals surface area contributed by atoms with Crippen LogP contribution in [0.15, 0.2) is 6.20 Å². The van der Waals surface area contributed by atoms with Gasteiger partial charge in [0.25, 0.3) is 0 Å². The van der Waals surface area contributed by atoms with Crippen LogP contribution in [-0.4, -0.2) is 4.98 Å². The maximum atomic E-state index is 12.6. The molecule has 0 spiro atoms. The molecule has 1 rings (SSSR count). The lowest BCUT2D eigenvalue weighted by molar-refractivity contribution is 0.0948. The number of halogens is 6. The Morgan fingerprint density at radius 2 is 1.69 bits per heavy atom. The predicted octanol–water partition coefficient (Wildman–Crippen LogP) is 4.33. The minimum atomic E-state index is -3.60. The number of rotatable bonds is 1. The summed E-state index contributed by atoms with van der Waals surface area (Å²) in [4.78, 5) is 3.39. The van der Waals surface area contributed by atoms with Crippen LogP contribution >= 0.6 is 46.4 Å². The number of aromatic nitrogens is 1. The van der Waals surface area contributed by atoms with Gasteiger partial charge in [-0.3, -0.25) is 0 Å². The van der Waals surface area contributed by atoms with Crippen LogP contribution in [-0.2, 0) is 5.38 Å². The van der Waals surface area contributed by atoms with Crippen molar-refractivity contribution in [1.29, 1.82) is 0 Å². The lowest BCUT2D eigenvalue weighted by atomic mass is 10.3. The predicted molar refractivity (Wildman–Crippen MR) is 49.0 cm³/mol. The first kappa shape index (κ1) is 11.2. The average Bonchev–Trinajstić information content (AvgIpc) is 1.98. The summed E-state index contributed by atoms with van der Waals surface area (Å²) in [6, 6.07) is 0. The zero-order valence-electron chi connectivity index (χ0n) is 5.79. The quantitative estimate of drug-likeness (QED) is 0.545. The molecule has 0 atom stereocenters. The molecular weight excluding hydrogens is 266 g/mol. The van der Waals surface area contributed by atoms with E-state index in [9.17, 15) is 8.78 Å². The maximum Gasteiger partial charge on any atom is 0.351 e. The van der Waals surface area contributed by atoms with Gasteiger partial charge >= 0.3 is 5.38 Å². The SMILES string of the molecule is FC(F)(Cl)c1cnc(Cl)c(Cl)c1Cl. The molecule has 0 saturated heterocycles. The van der Waals surface area contributed by atoms with Crippen LogP contribution in [0.5, 0.6) is 0 Å². The summed E-state index contributed by atoms with van der Waals surface area (Å²) in [5.41, 5.74) is -0.662. The maximum absolute atomic E-state index is 12.6. The molecule has 1 aromatic rings. The Morgan fingerprint density at radius 1 is 1.15 bits per heavy atom. The number of alkyl halides is 3. The van der Waals surface area contributed by atoms with E-state index in [1.165, 1.54) is 0 Å². The van der Waals surface area contributed by atoms with Crippen molar-refractivity contribution in [3.05, 3.63) is 27.0 Å². The van der Waals surface area contributed by atoms with Crippen molar-refractivity contribution >= 4 is 46.4 Å². The van der Waals surface area contributed by atoms with Crippen LogP contribution in [0.25, 0.3) is 0 Å². The van der Waals surface area contributed by atoms with Crippen molar-refractivity contribution in [3.8, 4) is 0 Å². The molecular formula is C6HCl4F2N. The van der Waals surface area contributed by atoms with Gasteiger partial charge in [-0.25, -0.2) is 4.98 Å². The standard InChI is InChI=1S/C6HCl4F2N/c7-3-2(6(10,11)12)1-13-5(9)4(3)8/h1H. The normalized spacial score (nSPS) is 11.8. The second kappa shape index (κ2) is 3.73. The first-order chi connectivity index (χ1) is 5.84. The zero-order chi connectivity index (χ0) is 10.2. The fraction of sp³-hybridized carbons (Fsp3) is 0.167. The molecule has 7 heteroatoms. The molecule has 0 fully saturated rings. The summed E-state index contributed by atoms with van der Waals surface area (Å²) >= 11 is 21.1. The first-order valence-corrected chi connectivity index (χ1v) is 4.42. The van der Waals surface area contributed by atoms with Crippen LogP contribution in [0.2, 0.25) is 15.2 Å². The lowest BCUT2D eigenvalue weighted by Gasteiger charge is -2.10. The Labute approximate surface area is 92.6 Å². The lowest BCUT2D eigenvalue weighted by Crippen LogP contribution is -2.05. The summed E-state index contributed by atoms with van der Waals surface area (Å²) < 4.78 is 25.1. The van der Waals surface area contributed by atoms with Gasteiger partial charge in [-0.15, -0.1) is 0 Å². The highest BCUT2D eigenvalue weighted by atomic mass is 35.5. The third kappa shape index (κ3) is 2.34. The van der Waals surface area contributed by atoms with Gasteiger partial charge in [0, 0.05) is 6.20 Å². The molecule has 0 aliphatic carbocycles. The van der Waals surface area contributed by atoms with Gasteiger partial charge in [0.2, 0.25) is 0 Å². The Bertz CT molecular complexity index is 336. The van der Waals surface area contributed by atoms with E-state index in [0.29, 0.717) is 0 Å². The Kier molecular flexibility index (Phi) is 3.23. The molecule has 1 heterocycles. The summed E-state index contributed by atoms with van der Waals surface area (Å²) in [6.07, 6.45) is 0.781. The van der Waals surface area contributed by atoms with Gasteiger partial charge in [-0.2, -0.15) is 8.78 Å². The second-order valence-electron chi connectivity index (χ2n) is 2.09. The van der Waals surface area contributed by atoms with E-state index in [1.807, 2.05) is 0 Å². The third-order valence-corrected chi connectivity index (χ3v) is 2.67. The summed E-state index contributed by atoms with van der Waals surface area (Å²) in [5, 5.41) is -4.36. The Morgan fingerprint density at radius 3 is 2.15 bits per heavy atom. The molecule has 1 aromatic heterocycles. The molecule has 0 aromatic carbocycles. The summed E-state index contributed by atoms with van der Waals surface area (Å²) in [7, 11) is 0. The smallest absolute Gasteiger partial charge is 0.242 e. The second-order valence-corrected chi connectivity index (χ2v) is 3.68. The molecule has 13 heavy (non-hydrogen) atoms. The highest BCUT2D eigenvalue weighted by molar-refractivity contribution is 6.48. The Hall–Kier alpha value is 0.170. The highest BCUT2D eigenvalue weighted by Crippen LogP contribution is 2.41. The molecule has 72 valence electrons. The van der Waals surface area contributed by atoms with Crippen LogP contribution in [0, 0.1) is 0 Å². The molecule has 0 aliphatic rings. The molecule has 0 saturated carbocycles. The fourth-order valence-electron chi connectivity index (χ4n) is 0.641. The van der Waals surface area contributed by atoms with Gasteiger partial charge < -0.3 is 0 Å². The van der Waals surface area contributed by atoms with Gasteiger partial charge in [0.05, 0.1) is 15.6 Å². The van der Waals surface area contributed by atoms with Gasteiger partial charge in [0.1, 0.15) is 5.15 Å². The number of pyridine rings is 1. The number of hydrogen-bond donors (Lipinski definition) is 0. The third-order valence-electron chi connectivity index (χ3n) is 1.22. The van der Waals surface area contributed by atoms with Crippen LogP contribution in [0.4, 0.5) is 8.78 Å². The topological polar surface area (TPSA) is 12.9 Å². The molecule has 1 nitrogen and oxygen atoms in total. The first-order valence-electron chi connectivity index (χ1n) is 2.90.